The van der Waals surface area contributed by atoms with Gasteiger partial charge in [-0.15, -0.1) is 11.3 Å². The zero-order valence-electron chi connectivity index (χ0n) is 14.4. The Kier molecular flexibility index (Phi) is 5.99. The van der Waals surface area contributed by atoms with Crippen LogP contribution in [0.15, 0.2) is 46.9 Å². The Morgan fingerprint density at radius 1 is 1.21 bits per heavy atom. The Hall–Kier alpha value is -2.46. The van der Waals surface area contributed by atoms with Crippen molar-refractivity contribution in [3.8, 4) is 10.6 Å². The lowest BCUT2D eigenvalue weighted by Crippen LogP contribution is -2.16. The van der Waals surface area contributed by atoms with Crippen molar-refractivity contribution < 1.29 is 22.4 Å². The standard InChI is InChI=1S/C18H13F4N3OS2/c1-10-7-11(19)4-5-12(10)23-16(26)9-28-17-24-13(14-3-2-6-27-14)8-15(25-17)18(20,21)22/h2-8H,9H2,1H3,(H,23,26). The van der Waals surface area contributed by atoms with Crippen LogP contribution in [0.2, 0.25) is 0 Å². The van der Waals surface area contributed by atoms with E-state index in [1.165, 1.54) is 29.5 Å². The Bertz CT molecular complexity index is 991. The van der Waals surface area contributed by atoms with Gasteiger partial charge in [-0.2, -0.15) is 13.2 Å². The monoisotopic (exact) mass is 427 g/mol. The summed E-state index contributed by atoms with van der Waals surface area (Å²) in [6.45, 7) is 1.63. The molecule has 3 rings (SSSR count). The minimum absolute atomic E-state index is 0.148. The molecular weight excluding hydrogens is 414 g/mol. The normalized spacial score (nSPS) is 11.5. The van der Waals surface area contributed by atoms with Crippen LogP contribution in [0.5, 0.6) is 0 Å². The predicted octanol–water partition coefficient (Wildman–Crippen LogP) is 5.40. The van der Waals surface area contributed by atoms with Crippen LogP contribution in [0.3, 0.4) is 0 Å². The smallest absolute Gasteiger partial charge is 0.325 e. The first-order chi connectivity index (χ1) is 13.2. The molecule has 2 aromatic heterocycles. The number of carbonyl (C=O) groups excluding carboxylic acids is 1. The summed E-state index contributed by atoms with van der Waals surface area (Å²) in [6.07, 6.45) is -4.63. The summed E-state index contributed by atoms with van der Waals surface area (Å²) in [7, 11) is 0. The molecule has 0 saturated carbocycles. The van der Waals surface area contributed by atoms with Crippen molar-refractivity contribution in [2.45, 2.75) is 18.3 Å². The van der Waals surface area contributed by atoms with Gasteiger partial charge in [0, 0.05) is 5.69 Å². The van der Waals surface area contributed by atoms with Crippen molar-refractivity contribution in [2.75, 3.05) is 11.1 Å². The van der Waals surface area contributed by atoms with Crippen molar-refractivity contribution in [3.63, 3.8) is 0 Å². The first-order valence-electron chi connectivity index (χ1n) is 7.91. The topological polar surface area (TPSA) is 54.9 Å². The second kappa shape index (κ2) is 8.27. The maximum atomic E-state index is 13.1. The molecule has 0 unspecified atom stereocenters. The molecule has 0 aliphatic heterocycles. The van der Waals surface area contributed by atoms with E-state index in [1.807, 2.05) is 0 Å². The third kappa shape index (κ3) is 5.08. The maximum absolute atomic E-state index is 13.1. The van der Waals surface area contributed by atoms with Crippen LogP contribution in [0.1, 0.15) is 11.3 Å². The lowest BCUT2D eigenvalue weighted by molar-refractivity contribution is -0.141. The second-order valence-electron chi connectivity index (χ2n) is 5.69. The minimum Gasteiger partial charge on any atom is -0.325 e. The molecule has 0 aliphatic rings. The molecule has 2 heterocycles. The molecule has 0 aliphatic carbocycles. The van der Waals surface area contributed by atoms with E-state index in [-0.39, 0.29) is 16.6 Å². The van der Waals surface area contributed by atoms with Gasteiger partial charge in [-0.3, -0.25) is 4.79 Å². The molecule has 0 fully saturated rings. The molecule has 10 heteroatoms. The predicted molar refractivity (Wildman–Crippen MR) is 101 cm³/mol. The Balaban J connectivity index is 1.76. The third-order valence-corrected chi connectivity index (χ3v) is 5.30. The average Bonchev–Trinajstić information content (AvgIpc) is 3.16. The summed E-state index contributed by atoms with van der Waals surface area (Å²) < 4.78 is 52.6. The third-order valence-electron chi connectivity index (χ3n) is 3.56. The summed E-state index contributed by atoms with van der Waals surface area (Å²) in [5.41, 5.74) is 0.0442. The van der Waals surface area contributed by atoms with Gasteiger partial charge in [0.1, 0.15) is 11.5 Å². The first-order valence-corrected chi connectivity index (χ1v) is 9.78. The summed E-state index contributed by atoms with van der Waals surface area (Å²) in [5, 5.41) is 4.18. The minimum atomic E-state index is -4.63. The number of nitrogens with one attached hydrogen (secondary N) is 1. The summed E-state index contributed by atoms with van der Waals surface area (Å²) in [5.74, 6) is -1.08. The van der Waals surface area contributed by atoms with Crippen molar-refractivity contribution >= 4 is 34.7 Å². The van der Waals surface area contributed by atoms with Crippen molar-refractivity contribution in [3.05, 3.63) is 58.9 Å². The quantitative estimate of drug-likeness (QED) is 0.336. The van der Waals surface area contributed by atoms with Gasteiger partial charge in [0.2, 0.25) is 5.91 Å². The fourth-order valence-electron chi connectivity index (χ4n) is 2.27. The highest BCUT2D eigenvalue weighted by Crippen LogP contribution is 2.33. The SMILES string of the molecule is Cc1cc(F)ccc1NC(=O)CSc1nc(-c2cccs2)cc(C(F)(F)F)n1. The van der Waals surface area contributed by atoms with Crippen LogP contribution in [0, 0.1) is 12.7 Å². The van der Waals surface area contributed by atoms with Gasteiger partial charge in [0.25, 0.3) is 0 Å². The number of aryl methyl sites for hydroxylation is 1. The number of rotatable bonds is 5. The number of hydrogen-bond donors (Lipinski definition) is 1. The number of alkyl halides is 3. The number of benzene rings is 1. The summed E-state index contributed by atoms with van der Waals surface area (Å²) >= 11 is 2.05. The fraction of sp³-hybridized carbons (Fsp3) is 0.167. The van der Waals surface area contributed by atoms with Gasteiger partial charge in [-0.25, -0.2) is 14.4 Å². The van der Waals surface area contributed by atoms with Crippen LogP contribution in [0.25, 0.3) is 10.6 Å². The molecule has 28 heavy (non-hydrogen) atoms. The van der Waals surface area contributed by atoms with E-state index < -0.39 is 23.6 Å². The Morgan fingerprint density at radius 2 is 2.00 bits per heavy atom. The van der Waals surface area contributed by atoms with E-state index in [0.717, 1.165) is 17.8 Å². The number of amides is 1. The van der Waals surface area contributed by atoms with Crippen LogP contribution < -0.4 is 5.32 Å². The highest BCUT2D eigenvalue weighted by molar-refractivity contribution is 7.99. The Labute approximate surface area is 166 Å². The number of halogens is 4. The molecule has 146 valence electrons. The molecule has 0 atom stereocenters. The molecule has 4 nitrogen and oxygen atoms in total. The van der Waals surface area contributed by atoms with Crippen LogP contribution in [-0.4, -0.2) is 21.6 Å². The number of thioether (sulfide) groups is 1. The number of thiophene rings is 1. The zero-order chi connectivity index (χ0) is 20.3. The lowest BCUT2D eigenvalue weighted by Gasteiger charge is -2.10. The Morgan fingerprint density at radius 3 is 2.64 bits per heavy atom. The van der Waals surface area contributed by atoms with E-state index in [0.29, 0.717) is 16.1 Å². The van der Waals surface area contributed by atoms with Gasteiger partial charge < -0.3 is 5.32 Å². The number of nitrogens with zero attached hydrogens (tertiary/aromatic N) is 2. The van der Waals surface area contributed by atoms with Gasteiger partial charge in [-0.05, 0) is 48.2 Å². The number of anilines is 1. The van der Waals surface area contributed by atoms with Crippen LogP contribution >= 0.6 is 23.1 Å². The fourth-order valence-corrected chi connectivity index (χ4v) is 3.61. The zero-order valence-corrected chi connectivity index (χ0v) is 16.0. The first kappa shape index (κ1) is 20.3. The van der Waals surface area contributed by atoms with Crippen molar-refractivity contribution in [1.82, 2.24) is 9.97 Å². The highest BCUT2D eigenvalue weighted by Gasteiger charge is 2.34. The van der Waals surface area contributed by atoms with E-state index in [2.05, 4.69) is 15.3 Å². The molecular formula is C18H13F4N3OS2. The molecule has 3 aromatic rings. The lowest BCUT2D eigenvalue weighted by atomic mass is 10.2. The van der Waals surface area contributed by atoms with E-state index >= 15 is 0 Å². The van der Waals surface area contributed by atoms with E-state index in [1.54, 1.807) is 24.4 Å². The van der Waals surface area contributed by atoms with Gasteiger partial charge in [0.15, 0.2) is 5.16 Å². The largest absolute Gasteiger partial charge is 0.433 e. The molecule has 0 spiro atoms. The number of carbonyl (C=O) groups is 1. The molecule has 0 radical (unpaired) electrons. The van der Waals surface area contributed by atoms with Crippen molar-refractivity contribution in [1.29, 1.82) is 0 Å². The van der Waals surface area contributed by atoms with E-state index in [4.69, 9.17) is 0 Å². The van der Waals surface area contributed by atoms with Crippen LogP contribution in [-0.2, 0) is 11.0 Å². The number of aromatic nitrogens is 2. The molecule has 0 bridgehead atoms. The molecule has 1 N–H and O–H groups in total. The maximum Gasteiger partial charge on any atom is 0.433 e. The number of hydrogen-bond acceptors (Lipinski definition) is 5. The van der Waals surface area contributed by atoms with E-state index in [9.17, 15) is 22.4 Å². The van der Waals surface area contributed by atoms with Gasteiger partial charge >= 0.3 is 6.18 Å². The second-order valence-corrected chi connectivity index (χ2v) is 7.58. The summed E-state index contributed by atoms with van der Waals surface area (Å²) in [4.78, 5) is 20.3. The molecule has 1 aromatic carbocycles. The van der Waals surface area contributed by atoms with Crippen LogP contribution in [0.4, 0.5) is 23.2 Å². The van der Waals surface area contributed by atoms with Gasteiger partial charge in [0.05, 0.1) is 16.3 Å². The highest BCUT2D eigenvalue weighted by atomic mass is 32.2. The van der Waals surface area contributed by atoms with Crippen molar-refractivity contribution in [2.24, 2.45) is 0 Å². The summed E-state index contributed by atoms with van der Waals surface area (Å²) in [6, 6.07) is 8.15. The molecule has 0 saturated heterocycles. The molecule has 1 amide bonds. The van der Waals surface area contributed by atoms with Gasteiger partial charge in [-0.1, -0.05) is 17.8 Å². The average molecular weight is 427 g/mol.